The van der Waals surface area contributed by atoms with Gasteiger partial charge in [0.25, 0.3) is 11.7 Å². The number of amides is 1. The predicted molar refractivity (Wildman–Crippen MR) is 113 cm³/mol. The highest BCUT2D eigenvalue weighted by Gasteiger charge is 2.46. The van der Waals surface area contributed by atoms with Gasteiger partial charge in [0.1, 0.15) is 23.1 Å². The van der Waals surface area contributed by atoms with Gasteiger partial charge in [0.15, 0.2) is 0 Å². The van der Waals surface area contributed by atoms with Crippen LogP contribution in [0, 0.1) is 5.82 Å². The number of phenolic OH excluding ortho intramolecular Hbond substituents is 1. The molecule has 3 rings (SSSR count). The van der Waals surface area contributed by atoms with Crippen LogP contribution in [0.3, 0.4) is 0 Å². The number of carbonyl (C=O) groups is 2. The van der Waals surface area contributed by atoms with Crippen LogP contribution >= 0.6 is 0 Å². The van der Waals surface area contributed by atoms with Crippen molar-refractivity contribution >= 4 is 17.4 Å². The topological polar surface area (TPSA) is 90.3 Å². The maximum absolute atomic E-state index is 14.7. The first kappa shape index (κ1) is 22.3. The number of hydrogen-bond donors (Lipinski definition) is 2. The molecule has 0 saturated carbocycles. The number of methoxy groups -OCH3 is 1. The van der Waals surface area contributed by atoms with Crippen LogP contribution in [0.4, 0.5) is 4.39 Å². The highest BCUT2D eigenvalue weighted by atomic mass is 19.1. The predicted octanol–water partition coefficient (Wildman–Crippen LogP) is 2.91. The summed E-state index contributed by atoms with van der Waals surface area (Å²) >= 11 is 0. The van der Waals surface area contributed by atoms with E-state index in [4.69, 9.17) is 4.74 Å². The molecule has 1 aliphatic heterocycles. The monoisotopic (exact) mass is 428 g/mol. The maximum Gasteiger partial charge on any atom is 0.295 e. The molecular weight excluding hydrogens is 403 g/mol. The van der Waals surface area contributed by atoms with Crippen LogP contribution in [0.15, 0.2) is 48.0 Å². The largest absolute Gasteiger partial charge is 0.507 e. The molecule has 31 heavy (non-hydrogen) atoms. The molecule has 1 atom stereocenters. The van der Waals surface area contributed by atoms with Gasteiger partial charge in [-0.15, -0.1) is 0 Å². The van der Waals surface area contributed by atoms with Crippen molar-refractivity contribution in [2.75, 3.05) is 34.3 Å². The SMILES string of the molecule is COc1ccc(C(O)=C2C(=O)C(=O)N(CCCN(C)C)[C@H]2c2ccccc2F)c(O)c1. The first-order chi connectivity index (χ1) is 14.8. The number of aliphatic hydroxyl groups is 1. The molecule has 0 radical (unpaired) electrons. The van der Waals surface area contributed by atoms with E-state index in [1.807, 2.05) is 19.0 Å². The third-order valence-corrected chi connectivity index (χ3v) is 5.20. The second-order valence-electron chi connectivity index (χ2n) is 7.55. The summed E-state index contributed by atoms with van der Waals surface area (Å²) in [7, 11) is 5.19. The Morgan fingerprint density at radius 2 is 1.90 bits per heavy atom. The Morgan fingerprint density at radius 3 is 2.52 bits per heavy atom. The fourth-order valence-electron chi connectivity index (χ4n) is 3.67. The van der Waals surface area contributed by atoms with Crippen LogP contribution in [-0.2, 0) is 9.59 Å². The van der Waals surface area contributed by atoms with E-state index in [9.17, 15) is 24.2 Å². The van der Waals surface area contributed by atoms with E-state index < -0.39 is 29.3 Å². The van der Waals surface area contributed by atoms with Gasteiger partial charge in [-0.2, -0.15) is 0 Å². The summed E-state index contributed by atoms with van der Waals surface area (Å²) in [6.45, 7) is 0.861. The van der Waals surface area contributed by atoms with Crippen molar-refractivity contribution in [3.8, 4) is 11.5 Å². The van der Waals surface area contributed by atoms with E-state index >= 15 is 0 Å². The van der Waals surface area contributed by atoms with Gasteiger partial charge in [0.2, 0.25) is 0 Å². The Hall–Kier alpha value is -3.39. The van der Waals surface area contributed by atoms with E-state index in [0.717, 1.165) is 0 Å². The van der Waals surface area contributed by atoms with Crippen LogP contribution < -0.4 is 4.74 Å². The molecule has 1 aliphatic rings. The molecule has 0 bridgehead atoms. The Bertz CT molecular complexity index is 1030. The summed E-state index contributed by atoms with van der Waals surface area (Å²) in [5.74, 6) is -2.89. The Kier molecular flexibility index (Phi) is 6.60. The van der Waals surface area contributed by atoms with Crippen LogP contribution in [-0.4, -0.2) is 66.0 Å². The molecule has 0 aliphatic carbocycles. The number of rotatable bonds is 7. The Labute approximate surface area is 180 Å². The summed E-state index contributed by atoms with van der Waals surface area (Å²) in [5.41, 5.74) is -0.213. The summed E-state index contributed by atoms with van der Waals surface area (Å²) in [5, 5.41) is 21.3. The number of ether oxygens (including phenoxy) is 1. The smallest absolute Gasteiger partial charge is 0.295 e. The minimum Gasteiger partial charge on any atom is -0.507 e. The number of carbonyl (C=O) groups excluding carboxylic acids is 2. The average molecular weight is 428 g/mol. The van der Waals surface area contributed by atoms with Gasteiger partial charge < -0.3 is 24.7 Å². The van der Waals surface area contributed by atoms with Crippen molar-refractivity contribution in [2.45, 2.75) is 12.5 Å². The lowest BCUT2D eigenvalue weighted by Crippen LogP contribution is -2.32. The fraction of sp³-hybridized carbons (Fsp3) is 0.304. The highest BCUT2D eigenvalue weighted by Crippen LogP contribution is 2.42. The van der Waals surface area contributed by atoms with Crippen molar-refractivity contribution in [2.24, 2.45) is 0 Å². The number of Topliss-reactive ketones (excluding diaryl/α,β-unsaturated/α-hetero) is 1. The average Bonchev–Trinajstić information content (AvgIpc) is 2.98. The van der Waals surface area contributed by atoms with Gasteiger partial charge in [-0.05, 0) is 45.3 Å². The molecule has 164 valence electrons. The minimum absolute atomic E-state index is 0.0477. The Balaban J connectivity index is 2.14. The molecule has 1 fully saturated rings. The lowest BCUT2D eigenvalue weighted by atomic mass is 9.94. The second-order valence-corrected chi connectivity index (χ2v) is 7.55. The van der Waals surface area contributed by atoms with E-state index in [0.29, 0.717) is 18.7 Å². The summed E-state index contributed by atoms with van der Waals surface area (Å²) in [4.78, 5) is 28.9. The third-order valence-electron chi connectivity index (χ3n) is 5.20. The van der Waals surface area contributed by atoms with Gasteiger partial charge in [-0.25, -0.2) is 4.39 Å². The number of aliphatic hydroxyl groups excluding tert-OH is 1. The molecule has 8 heteroatoms. The number of benzene rings is 2. The summed E-state index contributed by atoms with van der Waals surface area (Å²) in [6.07, 6.45) is 0.554. The van der Waals surface area contributed by atoms with Crippen molar-refractivity contribution in [3.63, 3.8) is 0 Å². The summed E-state index contributed by atoms with van der Waals surface area (Å²) in [6, 6.07) is 8.87. The highest BCUT2D eigenvalue weighted by molar-refractivity contribution is 6.46. The summed E-state index contributed by atoms with van der Waals surface area (Å²) < 4.78 is 19.7. The molecule has 1 heterocycles. The van der Waals surface area contributed by atoms with Crippen LogP contribution in [0.1, 0.15) is 23.6 Å². The second kappa shape index (κ2) is 9.18. The van der Waals surface area contributed by atoms with Gasteiger partial charge >= 0.3 is 0 Å². The molecule has 2 N–H and O–H groups in total. The van der Waals surface area contributed by atoms with Gasteiger partial charge in [0.05, 0.1) is 24.3 Å². The zero-order chi connectivity index (χ0) is 22.7. The number of halogens is 1. The minimum atomic E-state index is -1.11. The molecular formula is C23H25FN2O5. The lowest BCUT2D eigenvalue weighted by Gasteiger charge is -2.26. The number of nitrogens with zero attached hydrogens (tertiary/aromatic N) is 2. The first-order valence-electron chi connectivity index (χ1n) is 9.81. The van der Waals surface area contributed by atoms with Gasteiger partial charge in [0, 0.05) is 18.2 Å². The molecule has 1 saturated heterocycles. The molecule has 0 unspecified atom stereocenters. The van der Waals surface area contributed by atoms with E-state index in [2.05, 4.69) is 0 Å². The van der Waals surface area contributed by atoms with E-state index in [1.54, 1.807) is 6.07 Å². The normalized spacial score (nSPS) is 18.1. The van der Waals surface area contributed by atoms with Crippen molar-refractivity contribution in [3.05, 3.63) is 65.0 Å². The first-order valence-corrected chi connectivity index (χ1v) is 9.81. The molecule has 0 aromatic heterocycles. The number of aromatic hydroxyl groups is 1. The van der Waals surface area contributed by atoms with E-state index in [1.165, 1.54) is 48.4 Å². The van der Waals surface area contributed by atoms with Crippen LogP contribution in [0.25, 0.3) is 5.76 Å². The van der Waals surface area contributed by atoms with Gasteiger partial charge in [-0.3, -0.25) is 9.59 Å². The quantitative estimate of drug-likeness (QED) is 0.400. The lowest BCUT2D eigenvalue weighted by molar-refractivity contribution is -0.140. The van der Waals surface area contributed by atoms with Crippen LogP contribution in [0.5, 0.6) is 11.5 Å². The molecule has 1 amide bonds. The van der Waals surface area contributed by atoms with E-state index in [-0.39, 0.29) is 29.0 Å². The zero-order valence-corrected chi connectivity index (χ0v) is 17.6. The number of likely N-dealkylation sites (tertiary alicyclic amines) is 1. The number of ketones is 1. The van der Waals surface area contributed by atoms with Crippen LogP contribution in [0.2, 0.25) is 0 Å². The molecule has 2 aromatic rings. The zero-order valence-electron chi connectivity index (χ0n) is 17.6. The van der Waals surface area contributed by atoms with Crippen molar-refractivity contribution in [1.29, 1.82) is 0 Å². The third kappa shape index (κ3) is 4.39. The van der Waals surface area contributed by atoms with Gasteiger partial charge in [-0.1, -0.05) is 18.2 Å². The molecule has 7 nitrogen and oxygen atoms in total. The fourth-order valence-corrected chi connectivity index (χ4v) is 3.67. The Morgan fingerprint density at radius 1 is 1.19 bits per heavy atom. The molecule has 0 spiro atoms. The van der Waals surface area contributed by atoms with Crippen molar-refractivity contribution < 1.29 is 28.9 Å². The maximum atomic E-state index is 14.7. The number of phenols is 1. The standard InChI is InChI=1S/C23H25FN2O5/c1-25(2)11-6-12-26-20(15-7-4-5-8-17(15)24)19(22(29)23(26)30)21(28)16-10-9-14(31-3)13-18(16)27/h4-5,7-10,13,20,27-28H,6,11-12H2,1-3H3/t20-/m0/s1. The van der Waals surface area contributed by atoms with Crippen molar-refractivity contribution in [1.82, 2.24) is 9.80 Å². The molecule has 2 aromatic carbocycles. The number of hydrogen-bond acceptors (Lipinski definition) is 6.